The first-order chi connectivity index (χ1) is 11.2. The molecular weight excluding hydrogens is 308 g/mol. The topological polar surface area (TPSA) is 92.9 Å². The number of aliphatic carboxylic acids is 1. The van der Waals surface area contributed by atoms with E-state index in [0.29, 0.717) is 19.5 Å². The van der Waals surface area contributed by atoms with Gasteiger partial charge in [-0.1, -0.05) is 30.3 Å². The van der Waals surface area contributed by atoms with Gasteiger partial charge in [0, 0.05) is 13.1 Å². The predicted molar refractivity (Wildman–Crippen MR) is 90.0 cm³/mol. The number of esters is 1. The Kier molecular flexibility index (Phi) is 5.30. The molecule has 24 heavy (non-hydrogen) atoms. The minimum absolute atomic E-state index is 0.184. The standard InChI is InChI=1S/C18H26N2O4/c1-17(2,3)24-16(23)18(15(21)22)10-7-11-20(14(18)19)12-13-8-5-4-6-9-13/h4-6,8-9,14H,7,10-12,19H2,1-3H3,(H,21,22). The molecule has 6 nitrogen and oxygen atoms in total. The molecule has 6 heteroatoms. The maximum atomic E-state index is 12.7. The van der Waals surface area contributed by atoms with Gasteiger partial charge in [-0.25, -0.2) is 0 Å². The van der Waals surface area contributed by atoms with E-state index in [0.717, 1.165) is 5.56 Å². The molecule has 1 heterocycles. The Balaban J connectivity index is 2.27. The van der Waals surface area contributed by atoms with Gasteiger partial charge in [0.25, 0.3) is 0 Å². The molecule has 1 aliphatic rings. The number of hydrogen-bond acceptors (Lipinski definition) is 5. The van der Waals surface area contributed by atoms with Crippen molar-refractivity contribution >= 4 is 11.9 Å². The molecule has 0 aromatic heterocycles. The van der Waals surface area contributed by atoms with E-state index in [9.17, 15) is 14.7 Å². The van der Waals surface area contributed by atoms with Gasteiger partial charge in [0.1, 0.15) is 5.60 Å². The molecule has 2 atom stereocenters. The van der Waals surface area contributed by atoms with Gasteiger partial charge >= 0.3 is 11.9 Å². The second-order valence-electron chi connectivity index (χ2n) is 7.28. The SMILES string of the molecule is CC(C)(C)OC(=O)C1(C(=O)O)CCCN(Cc2ccccc2)C1N. The zero-order valence-electron chi connectivity index (χ0n) is 14.5. The quantitative estimate of drug-likeness (QED) is 0.646. The van der Waals surface area contributed by atoms with Crippen LogP contribution in [0.2, 0.25) is 0 Å². The van der Waals surface area contributed by atoms with Gasteiger partial charge in [-0.3, -0.25) is 14.5 Å². The molecule has 0 saturated carbocycles. The van der Waals surface area contributed by atoms with E-state index >= 15 is 0 Å². The molecule has 1 aromatic carbocycles. The second-order valence-corrected chi connectivity index (χ2v) is 7.28. The van der Waals surface area contributed by atoms with Gasteiger partial charge in [-0.05, 0) is 39.2 Å². The summed E-state index contributed by atoms with van der Waals surface area (Å²) in [5, 5.41) is 9.80. The Bertz CT molecular complexity index is 597. The highest BCUT2D eigenvalue weighted by atomic mass is 16.6. The largest absolute Gasteiger partial charge is 0.480 e. The number of benzene rings is 1. The maximum Gasteiger partial charge on any atom is 0.327 e. The summed E-state index contributed by atoms with van der Waals surface area (Å²) in [6, 6.07) is 9.67. The number of nitrogens with zero attached hydrogens (tertiary/aromatic N) is 1. The lowest BCUT2D eigenvalue weighted by Gasteiger charge is -2.44. The third-order valence-corrected chi connectivity index (χ3v) is 4.29. The predicted octanol–water partition coefficient (Wildman–Crippen LogP) is 1.98. The van der Waals surface area contributed by atoms with E-state index in [4.69, 9.17) is 10.5 Å². The number of piperidine rings is 1. The van der Waals surface area contributed by atoms with Crippen molar-refractivity contribution in [1.29, 1.82) is 0 Å². The van der Waals surface area contributed by atoms with Crippen LogP contribution in [0, 0.1) is 5.41 Å². The van der Waals surface area contributed by atoms with Gasteiger partial charge in [0.05, 0.1) is 6.17 Å². The van der Waals surface area contributed by atoms with Crippen LogP contribution in [0.1, 0.15) is 39.2 Å². The minimum atomic E-state index is -1.74. The number of carbonyl (C=O) groups excluding carboxylic acids is 1. The van der Waals surface area contributed by atoms with E-state index in [1.54, 1.807) is 20.8 Å². The maximum absolute atomic E-state index is 12.7. The fraction of sp³-hybridized carbons (Fsp3) is 0.556. The van der Waals surface area contributed by atoms with E-state index in [2.05, 4.69) is 0 Å². The van der Waals surface area contributed by atoms with Gasteiger partial charge in [0.2, 0.25) is 0 Å². The molecule has 0 bridgehead atoms. The third-order valence-electron chi connectivity index (χ3n) is 4.29. The highest BCUT2D eigenvalue weighted by Gasteiger charge is 2.57. The van der Waals surface area contributed by atoms with Crippen LogP contribution >= 0.6 is 0 Å². The summed E-state index contributed by atoms with van der Waals surface area (Å²) in [5.41, 5.74) is 4.80. The molecule has 3 N–H and O–H groups in total. The number of carboxylic acids is 1. The van der Waals surface area contributed by atoms with Crippen molar-refractivity contribution in [3.05, 3.63) is 35.9 Å². The third kappa shape index (κ3) is 3.76. The van der Waals surface area contributed by atoms with E-state index in [-0.39, 0.29) is 6.42 Å². The molecule has 2 rings (SSSR count). The first kappa shape index (κ1) is 18.4. The normalized spacial score (nSPS) is 25.2. The lowest BCUT2D eigenvalue weighted by molar-refractivity contribution is -0.186. The number of rotatable bonds is 4. The summed E-state index contributed by atoms with van der Waals surface area (Å²) in [5.74, 6) is -1.98. The summed E-state index contributed by atoms with van der Waals surface area (Å²) in [6.07, 6.45) is -0.172. The van der Waals surface area contributed by atoms with Crippen LogP contribution < -0.4 is 5.73 Å². The van der Waals surface area contributed by atoms with E-state index in [1.165, 1.54) is 0 Å². The van der Waals surface area contributed by atoms with Gasteiger partial charge in [-0.15, -0.1) is 0 Å². The molecule has 1 fully saturated rings. The molecule has 1 saturated heterocycles. The molecule has 1 aromatic rings. The number of ether oxygens (including phenoxy) is 1. The van der Waals surface area contributed by atoms with Crippen LogP contribution in [-0.4, -0.2) is 40.3 Å². The monoisotopic (exact) mass is 334 g/mol. The lowest BCUT2D eigenvalue weighted by Crippen LogP contribution is -2.64. The summed E-state index contributed by atoms with van der Waals surface area (Å²) in [6.45, 7) is 6.30. The summed E-state index contributed by atoms with van der Waals surface area (Å²) >= 11 is 0. The van der Waals surface area contributed by atoms with Crippen molar-refractivity contribution in [3.63, 3.8) is 0 Å². The van der Waals surface area contributed by atoms with Crippen LogP contribution in [0.15, 0.2) is 30.3 Å². The van der Waals surface area contributed by atoms with Crippen molar-refractivity contribution in [2.75, 3.05) is 6.54 Å². The molecule has 0 spiro atoms. The minimum Gasteiger partial charge on any atom is -0.480 e. The number of likely N-dealkylation sites (tertiary alicyclic amines) is 1. The number of carboxylic acid groups (broad SMARTS) is 1. The van der Waals surface area contributed by atoms with Crippen molar-refractivity contribution < 1.29 is 19.4 Å². The van der Waals surface area contributed by atoms with Crippen LogP contribution in [0.4, 0.5) is 0 Å². The van der Waals surface area contributed by atoms with Crippen LogP contribution in [0.25, 0.3) is 0 Å². The highest BCUT2D eigenvalue weighted by Crippen LogP contribution is 2.37. The number of nitrogens with two attached hydrogens (primary N) is 1. The average molecular weight is 334 g/mol. The molecule has 0 radical (unpaired) electrons. The van der Waals surface area contributed by atoms with Gasteiger partial charge < -0.3 is 15.6 Å². The van der Waals surface area contributed by atoms with Crippen molar-refractivity contribution in [2.24, 2.45) is 11.1 Å². The van der Waals surface area contributed by atoms with Crippen molar-refractivity contribution in [1.82, 2.24) is 4.90 Å². The highest BCUT2D eigenvalue weighted by molar-refractivity contribution is 6.00. The van der Waals surface area contributed by atoms with Crippen LogP contribution in [0.3, 0.4) is 0 Å². The zero-order chi connectivity index (χ0) is 18.0. The second kappa shape index (κ2) is 6.91. The first-order valence-corrected chi connectivity index (χ1v) is 8.17. The van der Waals surface area contributed by atoms with Crippen molar-refractivity contribution in [2.45, 2.75) is 51.9 Å². The first-order valence-electron chi connectivity index (χ1n) is 8.17. The molecule has 132 valence electrons. The smallest absolute Gasteiger partial charge is 0.327 e. The summed E-state index contributed by atoms with van der Waals surface area (Å²) in [4.78, 5) is 26.5. The molecule has 0 aliphatic carbocycles. The Hall–Kier alpha value is -1.92. The fourth-order valence-corrected chi connectivity index (χ4v) is 3.07. The Labute approximate surface area is 142 Å². The summed E-state index contributed by atoms with van der Waals surface area (Å²) in [7, 11) is 0. The van der Waals surface area contributed by atoms with E-state index < -0.39 is 29.1 Å². The Morgan fingerprint density at radius 1 is 1.33 bits per heavy atom. The van der Waals surface area contributed by atoms with E-state index in [1.807, 2.05) is 35.2 Å². The Morgan fingerprint density at radius 3 is 2.50 bits per heavy atom. The zero-order valence-corrected chi connectivity index (χ0v) is 14.5. The Morgan fingerprint density at radius 2 is 1.96 bits per heavy atom. The van der Waals surface area contributed by atoms with Gasteiger partial charge in [0.15, 0.2) is 5.41 Å². The van der Waals surface area contributed by atoms with Gasteiger partial charge in [-0.2, -0.15) is 0 Å². The van der Waals surface area contributed by atoms with Crippen LogP contribution in [0.5, 0.6) is 0 Å². The molecule has 0 amide bonds. The van der Waals surface area contributed by atoms with Crippen molar-refractivity contribution in [3.8, 4) is 0 Å². The molecule has 2 unspecified atom stereocenters. The fourth-order valence-electron chi connectivity index (χ4n) is 3.07. The lowest BCUT2D eigenvalue weighted by atomic mass is 9.76. The number of carbonyl (C=O) groups is 2. The molecular formula is C18H26N2O4. The molecule has 1 aliphatic heterocycles. The van der Waals surface area contributed by atoms with Crippen LogP contribution in [-0.2, 0) is 20.9 Å². The average Bonchev–Trinajstić information content (AvgIpc) is 2.48. The summed E-state index contributed by atoms with van der Waals surface area (Å²) < 4.78 is 5.38. The number of hydrogen-bond donors (Lipinski definition) is 2.